The quantitative estimate of drug-likeness (QED) is 0.424. The van der Waals surface area contributed by atoms with Gasteiger partial charge in [0.05, 0.1) is 0 Å². The molecule has 0 saturated heterocycles. The van der Waals surface area contributed by atoms with Crippen LogP contribution in [0.15, 0.2) is 0 Å². The zero-order valence-corrected chi connectivity index (χ0v) is 8.50. The summed E-state index contributed by atoms with van der Waals surface area (Å²) in [6.07, 6.45) is -5.28. The molecule has 9 heteroatoms. The summed E-state index contributed by atoms with van der Waals surface area (Å²) in [5, 5.41) is 0. The van der Waals surface area contributed by atoms with E-state index in [1.807, 2.05) is 0 Å². The monoisotopic (exact) mass is 340 g/mol. The minimum absolute atomic E-state index is 0.0278. The number of halogens is 8. The highest BCUT2D eigenvalue weighted by Gasteiger charge is 2.60. The van der Waals surface area contributed by atoms with Gasteiger partial charge < -0.3 is 0 Å². The van der Waals surface area contributed by atoms with E-state index in [1.54, 1.807) is 0 Å². The first-order valence-corrected chi connectivity index (χ1v) is 4.11. The molecule has 0 radical (unpaired) electrons. The van der Waals surface area contributed by atoms with Crippen LogP contribution in [0.25, 0.3) is 0 Å². The molecule has 0 atom stereocenters. The average Bonchev–Trinajstić information content (AvgIpc) is 2.01. The summed E-state index contributed by atoms with van der Waals surface area (Å²) in [6, 6.07) is 0. The fourth-order valence-corrected chi connectivity index (χ4v) is 0.488. The fourth-order valence-electron chi connectivity index (χ4n) is 0.378. The van der Waals surface area contributed by atoms with Gasteiger partial charge in [-0.15, -0.1) is 0 Å². The molecule has 0 aromatic carbocycles. The van der Waals surface area contributed by atoms with Crippen molar-refractivity contribution in [2.45, 2.75) is 15.9 Å². The van der Waals surface area contributed by atoms with Gasteiger partial charge in [0, 0.05) is 22.6 Å². The van der Waals surface area contributed by atoms with Crippen LogP contribution in [0.1, 0.15) is 0 Å². The molecule has 0 N–H and O–H groups in total. The summed E-state index contributed by atoms with van der Waals surface area (Å²) < 4.78 is 82.3. The molecule has 0 heterocycles. The first-order valence-electron chi connectivity index (χ1n) is 3.03. The molecule has 86 valence electrons. The lowest BCUT2D eigenvalue weighted by Gasteiger charge is -2.27. The summed E-state index contributed by atoms with van der Waals surface area (Å²) in [6.45, 7) is -4.57. The number of hydrogen-bond acceptors (Lipinski definition) is 1. The maximum atomic E-state index is 12.5. The van der Waals surface area contributed by atoms with Crippen molar-refractivity contribution in [1.82, 2.24) is 0 Å². The maximum Gasteiger partial charge on any atom is 0.431 e. The topological polar surface area (TPSA) is 9.23 Å². The zero-order valence-electron chi connectivity index (χ0n) is 6.35. The second kappa shape index (κ2) is 4.37. The van der Waals surface area contributed by atoms with Gasteiger partial charge in [0.1, 0.15) is 0 Å². The lowest BCUT2D eigenvalue weighted by atomic mass is 10.4. The van der Waals surface area contributed by atoms with Crippen molar-refractivity contribution in [3.8, 4) is 0 Å². The van der Waals surface area contributed by atoms with Crippen LogP contribution < -0.4 is 0 Å². The van der Waals surface area contributed by atoms with E-state index in [-0.39, 0.29) is 22.6 Å². The van der Waals surface area contributed by atoms with Crippen molar-refractivity contribution in [3.63, 3.8) is 0 Å². The molecule has 0 aromatic rings. The highest BCUT2D eigenvalue weighted by atomic mass is 127. The van der Waals surface area contributed by atoms with E-state index in [2.05, 4.69) is 4.74 Å². The number of ether oxygens (including phenoxy) is 1. The third kappa shape index (κ3) is 3.41. The van der Waals surface area contributed by atoms with Crippen LogP contribution >= 0.6 is 22.6 Å². The Labute approximate surface area is 87.7 Å². The molecule has 1 nitrogen and oxygen atoms in total. The van der Waals surface area contributed by atoms with Crippen molar-refractivity contribution in [1.29, 1.82) is 0 Å². The summed E-state index contributed by atoms with van der Waals surface area (Å²) in [7, 11) is 0. The Hall–Kier alpha value is 0.200. The Kier molecular flexibility index (Phi) is 4.43. The molecule has 0 bridgehead atoms. The van der Waals surface area contributed by atoms with Crippen LogP contribution in [0, 0.1) is 0 Å². The predicted octanol–water partition coefficient (Wildman–Crippen LogP) is 3.23. The number of hydrogen-bond donors (Lipinski definition) is 0. The molecule has 0 unspecified atom stereocenters. The Balaban J connectivity index is 4.65. The molecule has 0 aromatic heterocycles. The van der Waals surface area contributed by atoms with Gasteiger partial charge in [0.2, 0.25) is 0 Å². The van der Waals surface area contributed by atoms with E-state index in [1.165, 1.54) is 0 Å². The third-order valence-electron chi connectivity index (χ3n) is 1.04. The molecule has 0 aliphatic heterocycles. The minimum atomic E-state index is -5.28. The molecular weight excluding hydrogens is 336 g/mol. The number of rotatable bonds is 5. The van der Waals surface area contributed by atoms with Crippen molar-refractivity contribution in [2.24, 2.45) is 0 Å². The lowest BCUT2D eigenvalue weighted by molar-refractivity contribution is -0.378. The Morgan fingerprint density at radius 3 is 1.50 bits per heavy atom. The number of alkyl halides is 8. The second-order valence-electron chi connectivity index (χ2n) is 2.27. The van der Waals surface area contributed by atoms with Crippen molar-refractivity contribution in [2.75, 3.05) is 13.3 Å². The fraction of sp³-hybridized carbons (Fsp3) is 1.00. The van der Waals surface area contributed by atoms with Gasteiger partial charge in [-0.3, -0.25) is 4.74 Å². The molecule has 0 fully saturated rings. The van der Waals surface area contributed by atoms with Crippen molar-refractivity contribution >= 4 is 22.6 Å². The van der Waals surface area contributed by atoms with Gasteiger partial charge in [-0.1, -0.05) is 0 Å². The van der Waals surface area contributed by atoms with Crippen LogP contribution in [0.2, 0.25) is 0 Å². The SMILES string of the molecule is FCC(F)(CF)OC(F)(F)C(F)(F)I. The van der Waals surface area contributed by atoms with E-state index in [0.717, 1.165) is 0 Å². The van der Waals surface area contributed by atoms with Gasteiger partial charge in [0.25, 0.3) is 5.85 Å². The van der Waals surface area contributed by atoms with Crippen LogP contribution in [-0.4, -0.2) is 29.2 Å². The first-order chi connectivity index (χ1) is 6.08. The third-order valence-corrected chi connectivity index (χ3v) is 1.67. The maximum absolute atomic E-state index is 12.5. The zero-order chi connectivity index (χ0) is 11.6. The second-order valence-corrected chi connectivity index (χ2v) is 3.62. The summed E-state index contributed by atoms with van der Waals surface area (Å²) in [5.41, 5.74) is 0. The molecule has 0 rings (SSSR count). The summed E-state index contributed by atoms with van der Waals surface area (Å²) in [4.78, 5) is 0. The first kappa shape index (κ1) is 14.2. The van der Waals surface area contributed by atoms with Crippen LogP contribution in [0.4, 0.5) is 30.7 Å². The van der Waals surface area contributed by atoms with E-state index >= 15 is 0 Å². The Morgan fingerprint density at radius 1 is 0.929 bits per heavy atom. The van der Waals surface area contributed by atoms with Gasteiger partial charge in [-0.2, -0.15) is 17.6 Å². The van der Waals surface area contributed by atoms with Crippen molar-refractivity contribution in [3.05, 3.63) is 0 Å². The highest BCUT2D eigenvalue weighted by Crippen LogP contribution is 2.43. The molecule has 0 aliphatic carbocycles. The molecule has 14 heavy (non-hydrogen) atoms. The summed E-state index contributed by atoms with van der Waals surface area (Å²) >= 11 is -0.0278. The Bertz CT molecular complexity index is 187. The molecule has 0 aliphatic rings. The van der Waals surface area contributed by atoms with Gasteiger partial charge in [-0.25, -0.2) is 13.2 Å². The largest absolute Gasteiger partial charge is 0.431 e. The molecule has 0 spiro atoms. The summed E-state index contributed by atoms with van der Waals surface area (Å²) in [5.74, 6) is -4.04. The normalized spacial score (nSPS) is 14.6. The minimum Gasteiger partial charge on any atom is -0.272 e. The molecule has 0 amide bonds. The smallest absolute Gasteiger partial charge is 0.272 e. The Morgan fingerprint density at radius 2 is 1.29 bits per heavy atom. The van der Waals surface area contributed by atoms with E-state index < -0.39 is 29.2 Å². The molecule has 0 saturated carbocycles. The van der Waals surface area contributed by atoms with Crippen LogP contribution in [0.5, 0.6) is 0 Å². The lowest BCUT2D eigenvalue weighted by Crippen LogP contribution is -2.47. The van der Waals surface area contributed by atoms with Gasteiger partial charge in [-0.05, 0) is 0 Å². The predicted molar refractivity (Wildman–Crippen MR) is 40.8 cm³/mol. The van der Waals surface area contributed by atoms with Crippen molar-refractivity contribution < 1.29 is 35.5 Å². The van der Waals surface area contributed by atoms with E-state index in [4.69, 9.17) is 0 Å². The van der Waals surface area contributed by atoms with Crippen LogP contribution in [0.3, 0.4) is 0 Å². The van der Waals surface area contributed by atoms with Crippen LogP contribution in [-0.2, 0) is 4.74 Å². The molecular formula is C5H4F7IO. The van der Waals surface area contributed by atoms with E-state index in [9.17, 15) is 30.7 Å². The standard InChI is InChI=1S/C5H4F7IO/c6-1-3(8,2-7)14-5(11,12)4(9,10)13/h1-2H2. The van der Waals surface area contributed by atoms with Gasteiger partial charge >= 0.3 is 10.0 Å². The van der Waals surface area contributed by atoms with E-state index in [0.29, 0.717) is 0 Å². The average molecular weight is 340 g/mol. The van der Waals surface area contributed by atoms with Gasteiger partial charge in [0.15, 0.2) is 13.3 Å². The highest BCUT2D eigenvalue weighted by molar-refractivity contribution is 14.1.